The fraction of sp³-hybridized carbons (Fsp3) is 0.118. The molecule has 0 radical (unpaired) electrons. The number of nitrogens with zero attached hydrogens (tertiary/aromatic N) is 1. The Morgan fingerprint density at radius 3 is 1.97 bits per heavy atom. The Kier molecular flexibility index (Phi) is 3.29. The summed E-state index contributed by atoms with van der Waals surface area (Å²) in [5, 5.41) is 0. The number of fused-ring (bicyclic) bond motifs is 11. The van der Waals surface area contributed by atoms with Crippen LogP contribution >= 0.6 is 0 Å². The van der Waals surface area contributed by atoms with Crippen molar-refractivity contribution in [2.24, 2.45) is 0 Å². The maximum absolute atomic E-state index is 2.61. The molecule has 4 aliphatic rings. The number of para-hydroxylation sites is 2. The van der Waals surface area contributed by atoms with E-state index in [9.17, 15) is 0 Å². The van der Waals surface area contributed by atoms with E-state index in [0.717, 1.165) is 25.7 Å². The molecule has 5 aromatic carbocycles. The minimum Gasteiger partial charge on any atom is -0.309 e. The van der Waals surface area contributed by atoms with E-state index >= 15 is 0 Å². The molecule has 0 atom stereocenters. The number of hydrogen-bond acceptors (Lipinski definition) is 1. The van der Waals surface area contributed by atoms with Gasteiger partial charge in [0, 0.05) is 24.9 Å². The van der Waals surface area contributed by atoms with Crippen LogP contribution in [0.2, 0.25) is 0 Å². The lowest BCUT2D eigenvalue weighted by Crippen LogP contribution is -2.25. The Bertz CT molecular complexity index is 1740. The third-order valence-electron chi connectivity index (χ3n) is 8.69. The van der Waals surface area contributed by atoms with Crippen LogP contribution in [0.25, 0.3) is 22.3 Å². The first kappa shape index (κ1) is 18.3. The molecule has 1 nitrogen and oxygen atoms in total. The highest BCUT2D eigenvalue weighted by molar-refractivity contribution is 5.96. The van der Waals surface area contributed by atoms with Crippen LogP contribution < -0.4 is 4.90 Å². The summed E-state index contributed by atoms with van der Waals surface area (Å²) in [6, 6.07) is 34.6. The largest absolute Gasteiger partial charge is 0.309 e. The SMILES string of the molecule is c1ccc2c(c1)Cc1cc3c(cc1-2)-c1ccc2c(c1C3)N1c3ccccc3Cc3cccc(c31)C2. The quantitative estimate of drug-likeness (QED) is 0.228. The summed E-state index contributed by atoms with van der Waals surface area (Å²) in [6.45, 7) is 0. The third kappa shape index (κ3) is 2.29. The van der Waals surface area contributed by atoms with Crippen LogP contribution in [0.5, 0.6) is 0 Å². The van der Waals surface area contributed by atoms with Gasteiger partial charge in [0.15, 0.2) is 0 Å². The summed E-state index contributed by atoms with van der Waals surface area (Å²) in [6.07, 6.45) is 4.12. The molecular formula is C34H23N. The van der Waals surface area contributed by atoms with Crippen LogP contribution in [0.4, 0.5) is 17.1 Å². The van der Waals surface area contributed by atoms with E-state index in [-0.39, 0.29) is 0 Å². The molecule has 0 N–H and O–H groups in total. The molecule has 9 rings (SSSR count). The van der Waals surface area contributed by atoms with E-state index in [1.807, 2.05) is 0 Å². The summed E-state index contributed by atoms with van der Waals surface area (Å²) in [4.78, 5) is 2.61. The van der Waals surface area contributed by atoms with Gasteiger partial charge < -0.3 is 4.90 Å². The summed E-state index contributed by atoms with van der Waals surface area (Å²) in [5.41, 5.74) is 21.7. The predicted molar refractivity (Wildman–Crippen MR) is 143 cm³/mol. The molecular weight excluding hydrogens is 422 g/mol. The number of anilines is 3. The molecule has 0 saturated heterocycles. The topological polar surface area (TPSA) is 3.24 Å². The average Bonchev–Trinajstić information content (AvgIpc) is 3.44. The molecule has 0 fully saturated rings. The molecule has 0 unspecified atom stereocenters. The zero-order chi connectivity index (χ0) is 22.7. The van der Waals surface area contributed by atoms with Gasteiger partial charge in [0.2, 0.25) is 0 Å². The maximum atomic E-state index is 2.61. The normalized spacial score (nSPS) is 14.9. The van der Waals surface area contributed by atoms with Crippen molar-refractivity contribution in [3.05, 3.63) is 136 Å². The van der Waals surface area contributed by atoms with Crippen molar-refractivity contribution in [1.29, 1.82) is 0 Å². The lowest BCUT2D eigenvalue weighted by molar-refractivity contribution is 1.00. The molecule has 2 aliphatic carbocycles. The molecule has 0 aromatic heterocycles. The highest BCUT2D eigenvalue weighted by atomic mass is 15.2. The Morgan fingerprint density at radius 1 is 0.400 bits per heavy atom. The average molecular weight is 446 g/mol. The molecule has 2 aliphatic heterocycles. The minimum absolute atomic E-state index is 1.02. The van der Waals surface area contributed by atoms with Crippen molar-refractivity contribution in [3.8, 4) is 22.3 Å². The van der Waals surface area contributed by atoms with E-state index in [0.29, 0.717) is 0 Å². The summed E-state index contributed by atoms with van der Waals surface area (Å²) in [5.74, 6) is 0. The zero-order valence-electron chi connectivity index (χ0n) is 19.4. The molecule has 35 heavy (non-hydrogen) atoms. The van der Waals surface area contributed by atoms with Gasteiger partial charge in [-0.1, -0.05) is 78.9 Å². The molecule has 0 saturated carbocycles. The first-order valence-corrected chi connectivity index (χ1v) is 12.7. The minimum atomic E-state index is 1.02. The predicted octanol–water partition coefficient (Wildman–Crippen LogP) is 8.11. The second-order valence-corrected chi connectivity index (χ2v) is 10.5. The monoisotopic (exact) mass is 445 g/mol. The highest BCUT2D eigenvalue weighted by Crippen LogP contribution is 2.55. The molecule has 0 amide bonds. The zero-order valence-corrected chi connectivity index (χ0v) is 19.4. The van der Waals surface area contributed by atoms with Gasteiger partial charge in [-0.25, -0.2) is 0 Å². The van der Waals surface area contributed by atoms with Gasteiger partial charge in [-0.15, -0.1) is 0 Å². The van der Waals surface area contributed by atoms with Crippen molar-refractivity contribution in [2.45, 2.75) is 25.7 Å². The van der Waals surface area contributed by atoms with Crippen LogP contribution in [0, 0.1) is 0 Å². The molecule has 2 heterocycles. The lowest BCUT2D eigenvalue weighted by Gasteiger charge is -2.40. The first-order valence-electron chi connectivity index (χ1n) is 12.7. The molecule has 164 valence electrons. The van der Waals surface area contributed by atoms with Gasteiger partial charge in [0.05, 0.1) is 11.4 Å². The van der Waals surface area contributed by atoms with Gasteiger partial charge in [0.1, 0.15) is 0 Å². The van der Waals surface area contributed by atoms with Crippen LogP contribution in [0.1, 0.15) is 44.5 Å². The second kappa shape index (κ2) is 6.31. The Hall–Kier alpha value is -4.10. The molecule has 5 aromatic rings. The van der Waals surface area contributed by atoms with E-state index in [1.165, 1.54) is 83.8 Å². The Labute approximate surface area is 205 Å². The fourth-order valence-corrected chi connectivity index (χ4v) is 7.22. The van der Waals surface area contributed by atoms with Gasteiger partial charge >= 0.3 is 0 Å². The maximum Gasteiger partial charge on any atom is 0.0538 e. The third-order valence-corrected chi connectivity index (χ3v) is 8.69. The molecule has 0 spiro atoms. The van der Waals surface area contributed by atoms with Crippen LogP contribution in [-0.4, -0.2) is 0 Å². The summed E-state index contributed by atoms with van der Waals surface area (Å²) < 4.78 is 0. The van der Waals surface area contributed by atoms with Crippen molar-refractivity contribution in [1.82, 2.24) is 0 Å². The number of hydrogen-bond donors (Lipinski definition) is 0. The van der Waals surface area contributed by atoms with Gasteiger partial charge in [-0.05, 0) is 85.3 Å². The van der Waals surface area contributed by atoms with E-state index in [4.69, 9.17) is 0 Å². The Balaban J connectivity index is 1.29. The van der Waals surface area contributed by atoms with Crippen LogP contribution in [-0.2, 0) is 25.7 Å². The van der Waals surface area contributed by atoms with Crippen LogP contribution in [0.15, 0.2) is 91.0 Å². The molecule has 0 bridgehead atoms. The van der Waals surface area contributed by atoms with Crippen molar-refractivity contribution in [2.75, 3.05) is 4.90 Å². The van der Waals surface area contributed by atoms with E-state index in [2.05, 4.69) is 95.9 Å². The van der Waals surface area contributed by atoms with Crippen molar-refractivity contribution >= 4 is 17.1 Å². The number of rotatable bonds is 0. The second-order valence-electron chi connectivity index (χ2n) is 10.5. The number of benzene rings is 5. The first-order chi connectivity index (χ1) is 17.3. The highest BCUT2D eigenvalue weighted by Gasteiger charge is 2.36. The summed E-state index contributed by atoms with van der Waals surface area (Å²) >= 11 is 0. The van der Waals surface area contributed by atoms with Gasteiger partial charge in [-0.2, -0.15) is 0 Å². The van der Waals surface area contributed by atoms with Gasteiger partial charge in [-0.3, -0.25) is 0 Å². The molecule has 1 heteroatoms. The lowest BCUT2D eigenvalue weighted by atomic mass is 9.84. The van der Waals surface area contributed by atoms with E-state index in [1.54, 1.807) is 0 Å². The van der Waals surface area contributed by atoms with E-state index < -0.39 is 0 Å². The smallest absolute Gasteiger partial charge is 0.0538 e. The van der Waals surface area contributed by atoms with Crippen LogP contribution in [0.3, 0.4) is 0 Å². The Morgan fingerprint density at radius 2 is 1.06 bits per heavy atom. The van der Waals surface area contributed by atoms with Gasteiger partial charge in [0.25, 0.3) is 0 Å². The fourth-order valence-electron chi connectivity index (χ4n) is 7.22. The standard InChI is InChI=1S/C34H23N/c1-3-10-27-20(6-1)14-25-17-26-18-31-28(30(26)19-29(25)27)13-12-24-16-23-9-5-8-22-15-21-7-2-4-11-32(21)35(33(22)23)34(24)31/h1-13,17,19H,14-16,18H2. The van der Waals surface area contributed by atoms with Crippen molar-refractivity contribution in [3.63, 3.8) is 0 Å². The summed E-state index contributed by atoms with van der Waals surface area (Å²) in [7, 11) is 0. The van der Waals surface area contributed by atoms with Crippen molar-refractivity contribution < 1.29 is 0 Å².